The fraction of sp³-hybridized carbons (Fsp3) is 0.750. The molecule has 3 aliphatic heterocycles. The van der Waals surface area contributed by atoms with Crippen LogP contribution in [0.1, 0.15) is 43.4 Å². The number of likely N-dealkylation sites (tertiary alicyclic amines) is 1. The first-order chi connectivity index (χ1) is 13.0. The minimum atomic E-state index is -0.313. The molecule has 1 aromatic heterocycles. The van der Waals surface area contributed by atoms with E-state index in [0.717, 1.165) is 75.0 Å². The van der Waals surface area contributed by atoms with E-state index in [1.165, 1.54) is 12.8 Å². The van der Waals surface area contributed by atoms with Crippen LogP contribution in [0.4, 0.5) is 11.8 Å². The summed E-state index contributed by atoms with van der Waals surface area (Å²) in [5.74, 6) is 2.05. The lowest BCUT2D eigenvalue weighted by molar-refractivity contribution is -0.145. The summed E-state index contributed by atoms with van der Waals surface area (Å²) in [5.41, 5.74) is 1.83. The third-order valence-corrected chi connectivity index (χ3v) is 6.59. The largest absolute Gasteiger partial charge is 0.395 e. The zero-order valence-corrected chi connectivity index (χ0v) is 16.6. The highest BCUT2D eigenvalue weighted by atomic mass is 16.3. The predicted molar refractivity (Wildman–Crippen MR) is 105 cm³/mol. The Hall–Kier alpha value is -1.89. The highest BCUT2D eigenvalue weighted by molar-refractivity contribution is 5.85. The van der Waals surface area contributed by atoms with E-state index in [9.17, 15) is 9.90 Å². The van der Waals surface area contributed by atoms with Gasteiger partial charge in [0.15, 0.2) is 0 Å². The molecule has 3 saturated heterocycles. The molecule has 0 unspecified atom stereocenters. The normalized spacial score (nSPS) is 25.9. The highest BCUT2D eigenvalue weighted by Gasteiger charge is 2.48. The Morgan fingerprint density at radius 3 is 2.52 bits per heavy atom. The standard InChI is InChI=1S/C20H31N5O2/c1-15-16(2)21-19(24-8-3-4-9-24)22-17(15)25-11-7-20(14-25)6-5-10-23(12-13-26)18(20)27/h26H,3-14H2,1-2H3/t20-/m1/s1. The van der Waals surface area contributed by atoms with E-state index in [0.29, 0.717) is 6.54 Å². The zero-order valence-electron chi connectivity index (χ0n) is 16.6. The average Bonchev–Trinajstić information content (AvgIpc) is 3.32. The maximum absolute atomic E-state index is 13.1. The highest BCUT2D eigenvalue weighted by Crippen LogP contribution is 2.42. The maximum atomic E-state index is 13.1. The van der Waals surface area contributed by atoms with Gasteiger partial charge in [0.05, 0.1) is 12.0 Å². The molecule has 0 aromatic carbocycles. The number of amides is 1. The van der Waals surface area contributed by atoms with Crippen molar-refractivity contribution in [1.29, 1.82) is 0 Å². The number of aryl methyl sites for hydroxylation is 1. The molecule has 1 N–H and O–H groups in total. The van der Waals surface area contributed by atoms with Gasteiger partial charge in [-0.25, -0.2) is 4.98 Å². The molecule has 0 aliphatic carbocycles. The van der Waals surface area contributed by atoms with E-state index in [-0.39, 0.29) is 17.9 Å². The molecule has 4 rings (SSSR count). The van der Waals surface area contributed by atoms with Gasteiger partial charge in [-0.2, -0.15) is 4.98 Å². The monoisotopic (exact) mass is 373 g/mol. The smallest absolute Gasteiger partial charge is 0.230 e. The van der Waals surface area contributed by atoms with Crippen molar-refractivity contribution in [3.05, 3.63) is 11.3 Å². The van der Waals surface area contributed by atoms with E-state index in [1.807, 2.05) is 4.90 Å². The van der Waals surface area contributed by atoms with E-state index >= 15 is 0 Å². The predicted octanol–water partition coefficient (Wildman–Crippen LogP) is 1.50. The Balaban J connectivity index is 1.59. The van der Waals surface area contributed by atoms with Crippen LogP contribution < -0.4 is 9.80 Å². The van der Waals surface area contributed by atoms with Gasteiger partial charge in [-0.05, 0) is 46.0 Å². The summed E-state index contributed by atoms with van der Waals surface area (Å²) in [4.78, 5) is 29.2. The lowest BCUT2D eigenvalue weighted by Crippen LogP contribution is -2.50. The summed E-state index contributed by atoms with van der Waals surface area (Å²) in [7, 11) is 0. The average molecular weight is 374 g/mol. The van der Waals surface area contributed by atoms with Crippen molar-refractivity contribution in [2.45, 2.75) is 46.0 Å². The van der Waals surface area contributed by atoms with Gasteiger partial charge < -0.3 is 19.8 Å². The van der Waals surface area contributed by atoms with Crippen molar-refractivity contribution in [1.82, 2.24) is 14.9 Å². The van der Waals surface area contributed by atoms with Crippen LogP contribution in [0.3, 0.4) is 0 Å². The number of hydrogen-bond donors (Lipinski definition) is 1. The van der Waals surface area contributed by atoms with Crippen LogP contribution in [0.5, 0.6) is 0 Å². The molecule has 3 fully saturated rings. The Labute approximate surface area is 161 Å². The molecule has 1 aromatic rings. The molecule has 148 valence electrons. The van der Waals surface area contributed by atoms with Gasteiger partial charge in [-0.3, -0.25) is 4.79 Å². The molecular formula is C20H31N5O2. The first-order valence-electron chi connectivity index (χ1n) is 10.3. The molecular weight excluding hydrogens is 342 g/mol. The van der Waals surface area contributed by atoms with Crippen molar-refractivity contribution in [3.8, 4) is 0 Å². The third-order valence-electron chi connectivity index (χ3n) is 6.59. The number of aromatic nitrogens is 2. The number of aliphatic hydroxyl groups excluding tert-OH is 1. The van der Waals surface area contributed by atoms with Crippen LogP contribution in [-0.2, 0) is 4.79 Å². The van der Waals surface area contributed by atoms with E-state index < -0.39 is 0 Å². The molecule has 0 bridgehead atoms. The molecule has 0 saturated carbocycles. The molecule has 0 radical (unpaired) electrons. The van der Waals surface area contributed by atoms with E-state index in [2.05, 4.69) is 23.6 Å². The minimum absolute atomic E-state index is 0.0366. The molecule has 7 heteroatoms. The molecule has 4 heterocycles. The Bertz CT molecular complexity index is 717. The van der Waals surface area contributed by atoms with Gasteiger partial charge in [-0.1, -0.05) is 0 Å². The Kier molecular flexibility index (Phi) is 4.97. The van der Waals surface area contributed by atoms with Gasteiger partial charge in [0.2, 0.25) is 11.9 Å². The molecule has 3 aliphatic rings. The number of β-amino-alcohol motifs (C(OH)–C–C–N with tert-alkyl or cyclic N) is 1. The van der Waals surface area contributed by atoms with Gasteiger partial charge in [0.25, 0.3) is 0 Å². The first kappa shape index (κ1) is 18.5. The summed E-state index contributed by atoms with van der Waals surface area (Å²) >= 11 is 0. The van der Waals surface area contributed by atoms with Gasteiger partial charge in [-0.15, -0.1) is 0 Å². The number of piperidine rings is 1. The van der Waals surface area contributed by atoms with Crippen molar-refractivity contribution in [2.75, 3.05) is 55.7 Å². The maximum Gasteiger partial charge on any atom is 0.230 e. The first-order valence-corrected chi connectivity index (χ1v) is 10.3. The second-order valence-electron chi connectivity index (χ2n) is 8.32. The molecule has 1 spiro atoms. The second kappa shape index (κ2) is 7.26. The van der Waals surface area contributed by atoms with Crippen molar-refractivity contribution in [2.24, 2.45) is 5.41 Å². The SMILES string of the molecule is Cc1nc(N2CCCC2)nc(N2CC[C@]3(CCCN(CCO)C3=O)C2)c1C. The fourth-order valence-electron chi connectivity index (χ4n) is 4.88. The number of nitrogens with zero attached hydrogens (tertiary/aromatic N) is 5. The van der Waals surface area contributed by atoms with E-state index in [1.54, 1.807) is 0 Å². The summed E-state index contributed by atoms with van der Waals surface area (Å²) < 4.78 is 0. The topological polar surface area (TPSA) is 72.8 Å². The number of anilines is 2. The summed E-state index contributed by atoms with van der Waals surface area (Å²) in [6.45, 7) is 9.04. The van der Waals surface area contributed by atoms with Crippen LogP contribution in [0.25, 0.3) is 0 Å². The fourth-order valence-corrected chi connectivity index (χ4v) is 4.88. The quantitative estimate of drug-likeness (QED) is 0.862. The van der Waals surface area contributed by atoms with Crippen molar-refractivity contribution < 1.29 is 9.90 Å². The molecule has 27 heavy (non-hydrogen) atoms. The number of carbonyl (C=O) groups is 1. The summed E-state index contributed by atoms with van der Waals surface area (Å²) in [5, 5.41) is 9.27. The van der Waals surface area contributed by atoms with Gasteiger partial charge in [0, 0.05) is 50.5 Å². The minimum Gasteiger partial charge on any atom is -0.395 e. The summed E-state index contributed by atoms with van der Waals surface area (Å²) in [6, 6.07) is 0. The van der Waals surface area contributed by atoms with Gasteiger partial charge in [0.1, 0.15) is 5.82 Å². The van der Waals surface area contributed by atoms with Crippen LogP contribution in [0.2, 0.25) is 0 Å². The Morgan fingerprint density at radius 2 is 1.78 bits per heavy atom. The van der Waals surface area contributed by atoms with Crippen LogP contribution in [0.15, 0.2) is 0 Å². The van der Waals surface area contributed by atoms with Crippen LogP contribution >= 0.6 is 0 Å². The van der Waals surface area contributed by atoms with E-state index in [4.69, 9.17) is 9.97 Å². The number of aliphatic hydroxyl groups is 1. The number of carbonyl (C=O) groups excluding carboxylic acids is 1. The van der Waals surface area contributed by atoms with Crippen LogP contribution in [-0.4, -0.2) is 71.8 Å². The number of rotatable bonds is 4. The molecule has 1 amide bonds. The van der Waals surface area contributed by atoms with Crippen molar-refractivity contribution in [3.63, 3.8) is 0 Å². The second-order valence-corrected chi connectivity index (χ2v) is 8.32. The van der Waals surface area contributed by atoms with Crippen LogP contribution in [0, 0.1) is 19.3 Å². The third kappa shape index (κ3) is 3.26. The number of hydrogen-bond acceptors (Lipinski definition) is 6. The summed E-state index contributed by atoms with van der Waals surface area (Å²) in [6.07, 6.45) is 5.23. The molecule has 7 nitrogen and oxygen atoms in total. The zero-order chi connectivity index (χ0) is 19.0. The van der Waals surface area contributed by atoms with Crippen molar-refractivity contribution >= 4 is 17.7 Å². The van der Waals surface area contributed by atoms with Gasteiger partial charge >= 0.3 is 0 Å². The molecule has 1 atom stereocenters. The Morgan fingerprint density at radius 1 is 1.00 bits per heavy atom. The lowest BCUT2D eigenvalue weighted by atomic mass is 9.78. The lowest BCUT2D eigenvalue weighted by Gasteiger charge is -2.39.